The van der Waals surface area contributed by atoms with Crippen LogP contribution in [0.15, 0.2) is 23.3 Å². The molecular formula is C13H16Cl2N4O4S. The van der Waals surface area contributed by atoms with E-state index >= 15 is 0 Å². The van der Waals surface area contributed by atoms with Crippen molar-refractivity contribution in [1.29, 1.82) is 0 Å². The van der Waals surface area contributed by atoms with Crippen LogP contribution in [-0.2, 0) is 19.7 Å². The summed E-state index contributed by atoms with van der Waals surface area (Å²) < 4.78 is 32.5. The first-order valence-electron chi connectivity index (χ1n) is 6.98. The third-order valence-corrected chi connectivity index (χ3v) is 5.20. The highest BCUT2D eigenvalue weighted by Gasteiger charge is 2.24. The predicted molar refractivity (Wildman–Crippen MR) is 91.5 cm³/mol. The lowest BCUT2D eigenvalue weighted by molar-refractivity contribution is -0.119. The van der Waals surface area contributed by atoms with Crippen molar-refractivity contribution in [3.05, 3.63) is 33.8 Å². The topological polar surface area (TPSA) is 100 Å². The molecule has 0 unspecified atom stereocenters. The smallest absolute Gasteiger partial charge is 0.280 e. The molecule has 11 heteroatoms. The Kier molecular flexibility index (Phi) is 6.96. The van der Waals surface area contributed by atoms with Crippen LogP contribution in [0.3, 0.4) is 0 Å². The summed E-state index contributed by atoms with van der Waals surface area (Å²) in [5.74, 6) is -0.604. The van der Waals surface area contributed by atoms with Crippen LogP contribution in [0.2, 0.25) is 10.0 Å². The quantitative estimate of drug-likeness (QED) is 0.545. The molecular weight excluding hydrogens is 379 g/mol. The van der Waals surface area contributed by atoms with Crippen LogP contribution >= 0.6 is 23.2 Å². The number of hydrogen-bond acceptors (Lipinski definition) is 5. The number of morpholine rings is 1. The van der Waals surface area contributed by atoms with Gasteiger partial charge >= 0.3 is 0 Å². The minimum absolute atomic E-state index is 0.254. The van der Waals surface area contributed by atoms with Crippen molar-refractivity contribution < 1.29 is 17.9 Å². The third-order valence-electron chi connectivity index (χ3n) is 3.08. The van der Waals surface area contributed by atoms with Gasteiger partial charge in [-0.3, -0.25) is 4.79 Å². The Balaban J connectivity index is 1.81. The lowest BCUT2D eigenvalue weighted by atomic mass is 10.2. The van der Waals surface area contributed by atoms with Gasteiger partial charge in [0.15, 0.2) is 0 Å². The fourth-order valence-electron chi connectivity index (χ4n) is 1.85. The van der Waals surface area contributed by atoms with E-state index < -0.39 is 22.7 Å². The van der Waals surface area contributed by atoms with Gasteiger partial charge < -0.3 is 4.74 Å². The molecule has 1 aromatic rings. The molecule has 1 aliphatic heterocycles. The van der Waals surface area contributed by atoms with Gasteiger partial charge in [0.1, 0.15) is 0 Å². The summed E-state index contributed by atoms with van der Waals surface area (Å²) in [4.78, 5) is 11.7. The van der Waals surface area contributed by atoms with E-state index in [1.807, 2.05) is 0 Å². The molecule has 0 atom stereocenters. The van der Waals surface area contributed by atoms with Crippen LogP contribution in [0.1, 0.15) is 5.56 Å². The van der Waals surface area contributed by atoms with Crippen LogP contribution in [0.25, 0.3) is 0 Å². The Bertz CT molecular complexity index is 721. The molecule has 0 aromatic heterocycles. The lowest BCUT2D eigenvalue weighted by Gasteiger charge is -2.25. The molecule has 1 aliphatic rings. The molecule has 0 aliphatic carbocycles. The minimum atomic E-state index is -3.71. The number of halogens is 2. The van der Waals surface area contributed by atoms with E-state index in [2.05, 4.69) is 15.2 Å². The van der Waals surface area contributed by atoms with Gasteiger partial charge in [-0.15, -0.1) is 0 Å². The molecule has 1 fully saturated rings. The van der Waals surface area contributed by atoms with Gasteiger partial charge in [0.05, 0.1) is 31.0 Å². The maximum atomic E-state index is 12.0. The van der Waals surface area contributed by atoms with Crippen molar-refractivity contribution >= 4 is 45.5 Å². The molecule has 0 radical (unpaired) electrons. The fraction of sp³-hybridized carbons (Fsp3) is 0.385. The van der Waals surface area contributed by atoms with E-state index in [1.165, 1.54) is 10.5 Å². The van der Waals surface area contributed by atoms with Crippen molar-refractivity contribution in [3.8, 4) is 0 Å². The minimum Gasteiger partial charge on any atom is -0.379 e. The zero-order valence-electron chi connectivity index (χ0n) is 12.5. The Morgan fingerprint density at radius 2 is 2.04 bits per heavy atom. The molecule has 0 saturated carbocycles. The molecule has 0 bridgehead atoms. The molecule has 8 nitrogen and oxygen atoms in total. The monoisotopic (exact) mass is 394 g/mol. The number of hydrogen-bond donors (Lipinski definition) is 2. The summed E-state index contributed by atoms with van der Waals surface area (Å²) in [7, 11) is -3.71. The summed E-state index contributed by atoms with van der Waals surface area (Å²) in [6.07, 6.45) is 1.34. The number of nitrogens with zero attached hydrogens (tertiary/aromatic N) is 2. The standard InChI is InChI=1S/C13H16Cl2N4O4S/c14-11-2-1-10(12(15)7-11)8-16-18-13(20)9-17-24(21,22)19-3-5-23-6-4-19/h1-2,7-8,17H,3-6,9H2,(H,18,20). The summed E-state index contributed by atoms with van der Waals surface area (Å²) in [6, 6.07) is 4.82. The van der Waals surface area contributed by atoms with Gasteiger partial charge in [-0.1, -0.05) is 29.3 Å². The number of nitrogens with one attached hydrogen (secondary N) is 2. The van der Waals surface area contributed by atoms with Gasteiger partial charge in [0.25, 0.3) is 16.1 Å². The van der Waals surface area contributed by atoms with E-state index in [1.54, 1.807) is 18.2 Å². The van der Waals surface area contributed by atoms with Gasteiger partial charge in [-0.05, 0) is 12.1 Å². The number of carbonyl (C=O) groups excluding carboxylic acids is 1. The summed E-state index contributed by atoms with van der Waals surface area (Å²) >= 11 is 11.7. The highest BCUT2D eigenvalue weighted by molar-refractivity contribution is 7.87. The molecule has 1 aromatic carbocycles. The Labute approximate surface area is 149 Å². The first-order chi connectivity index (χ1) is 11.4. The Hall–Kier alpha value is -1.23. The zero-order chi connectivity index (χ0) is 17.6. The number of rotatable bonds is 6. The van der Waals surface area contributed by atoms with Crippen LogP contribution < -0.4 is 10.1 Å². The number of hydrazone groups is 1. The molecule has 24 heavy (non-hydrogen) atoms. The van der Waals surface area contributed by atoms with Crippen molar-refractivity contribution in [2.75, 3.05) is 32.8 Å². The first-order valence-corrected chi connectivity index (χ1v) is 9.17. The van der Waals surface area contributed by atoms with Gasteiger partial charge in [0.2, 0.25) is 0 Å². The first kappa shape index (κ1) is 19.1. The van der Waals surface area contributed by atoms with E-state index in [0.717, 1.165) is 0 Å². The second kappa shape index (κ2) is 8.75. The van der Waals surface area contributed by atoms with Gasteiger partial charge in [0, 0.05) is 23.7 Å². The molecule has 0 spiro atoms. The van der Waals surface area contributed by atoms with Crippen molar-refractivity contribution in [1.82, 2.24) is 14.5 Å². The van der Waals surface area contributed by atoms with Gasteiger partial charge in [-0.2, -0.15) is 22.5 Å². The van der Waals surface area contributed by atoms with E-state index in [9.17, 15) is 13.2 Å². The predicted octanol–water partition coefficient (Wildman–Crippen LogP) is 0.610. The Morgan fingerprint density at radius 3 is 2.71 bits per heavy atom. The van der Waals surface area contributed by atoms with E-state index in [-0.39, 0.29) is 13.1 Å². The Morgan fingerprint density at radius 1 is 1.33 bits per heavy atom. The van der Waals surface area contributed by atoms with Gasteiger partial charge in [-0.25, -0.2) is 5.43 Å². The fourth-order valence-corrected chi connectivity index (χ4v) is 3.44. The summed E-state index contributed by atoms with van der Waals surface area (Å²) in [6.45, 7) is 0.748. The SMILES string of the molecule is O=C(CNS(=O)(=O)N1CCOCC1)NN=Cc1ccc(Cl)cc1Cl. The molecule has 2 rings (SSSR count). The normalized spacial score (nSPS) is 16.4. The molecule has 1 heterocycles. The lowest BCUT2D eigenvalue weighted by Crippen LogP contribution is -2.48. The second-order valence-electron chi connectivity index (χ2n) is 4.80. The summed E-state index contributed by atoms with van der Waals surface area (Å²) in [5, 5.41) is 4.59. The maximum absolute atomic E-state index is 12.0. The second-order valence-corrected chi connectivity index (χ2v) is 7.40. The highest BCUT2D eigenvalue weighted by atomic mass is 35.5. The van der Waals surface area contributed by atoms with Crippen LogP contribution in [0.4, 0.5) is 0 Å². The maximum Gasteiger partial charge on any atom is 0.280 e. The van der Waals surface area contributed by atoms with Crippen LogP contribution in [0, 0.1) is 0 Å². The largest absolute Gasteiger partial charge is 0.379 e. The third kappa shape index (κ3) is 5.69. The van der Waals surface area contributed by atoms with Crippen molar-refractivity contribution in [2.45, 2.75) is 0 Å². The number of carbonyl (C=O) groups is 1. The summed E-state index contributed by atoms with van der Waals surface area (Å²) in [5.41, 5.74) is 2.78. The van der Waals surface area contributed by atoms with E-state index in [0.29, 0.717) is 28.8 Å². The highest BCUT2D eigenvalue weighted by Crippen LogP contribution is 2.19. The van der Waals surface area contributed by atoms with Crippen molar-refractivity contribution in [3.63, 3.8) is 0 Å². The molecule has 1 saturated heterocycles. The van der Waals surface area contributed by atoms with E-state index in [4.69, 9.17) is 27.9 Å². The molecule has 132 valence electrons. The van der Waals surface area contributed by atoms with Crippen LogP contribution in [-0.4, -0.2) is 57.7 Å². The van der Waals surface area contributed by atoms with Crippen molar-refractivity contribution in [2.24, 2.45) is 5.10 Å². The molecule has 2 N–H and O–H groups in total. The molecule has 1 amide bonds. The average Bonchev–Trinajstić information content (AvgIpc) is 2.56. The number of amides is 1. The number of ether oxygens (including phenoxy) is 1. The average molecular weight is 395 g/mol. The zero-order valence-corrected chi connectivity index (χ0v) is 14.9. The number of benzene rings is 1. The van der Waals surface area contributed by atoms with Crippen LogP contribution in [0.5, 0.6) is 0 Å².